The molecule has 148 valence electrons. The summed E-state index contributed by atoms with van der Waals surface area (Å²) in [5.41, 5.74) is 8.61. The number of primary amides is 1. The number of piperidine rings is 1. The molecule has 0 radical (unpaired) electrons. The van der Waals surface area contributed by atoms with Gasteiger partial charge in [-0.3, -0.25) is 14.5 Å². The predicted molar refractivity (Wildman–Crippen MR) is 112 cm³/mol. The van der Waals surface area contributed by atoms with Crippen LogP contribution in [-0.4, -0.2) is 43.4 Å². The topological polar surface area (TPSA) is 78.7 Å². The highest BCUT2D eigenvalue weighted by atomic mass is 16.2. The molecular formula is C22H28N4O2. The van der Waals surface area contributed by atoms with Crippen LogP contribution in [0.15, 0.2) is 48.5 Å². The summed E-state index contributed by atoms with van der Waals surface area (Å²) in [7, 11) is 1.92. The fourth-order valence-electron chi connectivity index (χ4n) is 3.68. The Morgan fingerprint density at radius 2 is 1.71 bits per heavy atom. The van der Waals surface area contributed by atoms with Gasteiger partial charge in [0.05, 0.1) is 17.8 Å². The normalized spacial score (nSPS) is 14.1. The molecule has 0 aromatic heterocycles. The summed E-state index contributed by atoms with van der Waals surface area (Å²) < 4.78 is 0. The third-order valence-electron chi connectivity index (χ3n) is 5.01. The maximum atomic E-state index is 12.5. The van der Waals surface area contributed by atoms with E-state index in [0.29, 0.717) is 17.8 Å². The summed E-state index contributed by atoms with van der Waals surface area (Å²) in [6.45, 7) is 3.08. The van der Waals surface area contributed by atoms with Gasteiger partial charge in [-0.1, -0.05) is 30.3 Å². The van der Waals surface area contributed by atoms with Crippen molar-refractivity contribution in [2.45, 2.75) is 25.8 Å². The number of nitrogens with one attached hydrogen (secondary N) is 1. The number of para-hydroxylation sites is 2. The van der Waals surface area contributed by atoms with Gasteiger partial charge in [-0.2, -0.15) is 0 Å². The number of carbonyl (C=O) groups excluding carboxylic acids is 2. The summed E-state index contributed by atoms with van der Waals surface area (Å²) in [6, 6.07) is 15.2. The van der Waals surface area contributed by atoms with E-state index in [1.54, 1.807) is 24.3 Å². The van der Waals surface area contributed by atoms with Gasteiger partial charge in [0.2, 0.25) is 5.91 Å². The number of hydrogen-bond acceptors (Lipinski definition) is 4. The molecule has 6 heteroatoms. The summed E-state index contributed by atoms with van der Waals surface area (Å²) in [6.07, 6.45) is 3.75. The maximum Gasteiger partial charge on any atom is 0.250 e. The first-order valence-electron chi connectivity index (χ1n) is 9.74. The maximum absolute atomic E-state index is 12.5. The molecule has 2 aromatic rings. The van der Waals surface area contributed by atoms with Gasteiger partial charge in [0.1, 0.15) is 0 Å². The molecule has 3 N–H and O–H groups in total. The van der Waals surface area contributed by atoms with Crippen molar-refractivity contribution in [3.8, 4) is 0 Å². The molecular weight excluding hydrogens is 352 g/mol. The summed E-state index contributed by atoms with van der Waals surface area (Å²) >= 11 is 0. The number of likely N-dealkylation sites (N-methyl/N-ethyl adjacent to an activating group) is 1. The van der Waals surface area contributed by atoms with Gasteiger partial charge in [-0.15, -0.1) is 0 Å². The lowest BCUT2D eigenvalue weighted by atomic mass is 10.1. The number of amides is 2. The molecule has 3 rings (SSSR count). The minimum atomic E-state index is -0.556. The van der Waals surface area contributed by atoms with E-state index in [1.165, 1.54) is 30.5 Å². The van der Waals surface area contributed by atoms with Crippen LogP contribution in [0.2, 0.25) is 0 Å². The Morgan fingerprint density at radius 1 is 1.04 bits per heavy atom. The zero-order chi connectivity index (χ0) is 19.9. The highest BCUT2D eigenvalue weighted by Crippen LogP contribution is 2.25. The first-order valence-corrected chi connectivity index (χ1v) is 9.74. The molecule has 0 unspecified atom stereocenters. The van der Waals surface area contributed by atoms with Gasteiger partial charge in [0, 0.05) is 25.3 Å². The van der Waals surface area contributed by atoms with Gasteiger partial charge in [-0.25, -0.2) is 0 Å². The molecule has 6 nitrogen and oxygen atoms in total. The highest BCUT2D eigenvalue weighted by Gasteiger charge is 2.16. The first-order chi connectivity index (χ1) is 13.5. The molecule has 28 heavy (non-hydrogen) atoms. The number of nitrogens with two attached hydrogens (primary N) is 1. The average molecular weight is 380 g/mol. The SMILES string of the molecule is CN(CC(=O)Nc1ccccc1C(N)=O)Cc1ccccc1N1CCCCC1. The van der Waals surface area contributed by atoms with Crippen molar-refractivity contribution >= 4 is 23.2 Å². The van der Waals surface area contributed by atoms with Crippen LogP contribution in [-0.2, 0) is 11.3 Å². The lowest BCUT2D eigenvalue weighted by Crippen LogP contribution is -2.33. The zero-order valence-corrected chi connectivity index (χ0v) is 16.4. The second kappa shape index (κ2) is 9.37. The van der Waals surface area contributed by atoms with Crippen LogP contribution < -0.4 is 16.0 Å². The quantitative estimate of drug-likeness (QED) is 0.774. The zero-order valence-electron chi connectivity index (χ0n) is 16.4. The summed E-state index contributed by atoms with van der Waals surface area (Å²) in [5.74, 6) is -0.730. The third kappa shape index (κ3) is 5.10. The molecule has 0 saturated carbocycles. The van der Waals surface area contributed by atoms with Crippen molar-refractivity contribution in [2.75, 3.05) is 36.9 Å². The van der Waals surface area contributed by atoms with Gasteiger partial charge >= 0.3 is 0 Å². The number of hydrogen-bond donors (Lipinski definition) is 2. The minimum Gasteiger partial charge on any atom is -0.371 e. The van der Waals surface area contributed by atoms with E-state index in [9.17, 15) is 9.59 Å². The Balaban J connectivity index is 1.62. The number of nitrogens with zero attached hydrogens (tertiary/aromatic N) is 2. The van der Waals surface area contributed by atoms with Crippen LogP contribution in [0, 0.1) is 0 Å². The van der Waals surface area contributed by atoms with Gasteiger partial charge in [-0.05, 0) is 50.1 Å². The number of anilines is 2. The smallest absolute Gasteiger partial charge is 0.250 e. The fraction of sp³-hybridized carbons (Fsp3) is 0.364. The Kier molecular flexibility index (Phi) is 6.66. The Labute approximate surface area is 166 Å². The monoisotopic (exact) mass is 380 g/mol. The van der Waals surface area contributed by atoms with Crippen molar-refractivity contribution < 1.29 is 9.59 Å². The van der Waals surface area contributed by atoms with Crippen molar-refractivity contribution in [3.05, 3.63) is 59.7 Å². The highest BCUT2D eigenvalue weighted by molar-refractivity contribution is 6.03. The first kappa shape index (κ1) is 19.9. The molecule has 0 atom stereocenters. The lowest BCUT2D eigenvalue weighted by Gasteiger charge is -2.31. The summed E-state index contributed by atoms with van der Waals surface area (Å²) in [4.78, 5) is 28.4. The number of carbonyl (C=O) groups is 2. The fourth-order valence-corrected chi connectivity index (χ4v) is 3.68. The second-order valence-corrected chi connectivity index (χ2v) is 7.31. The molecule has 1 heterocycles. The van der Waals surface area contributed by atoms with E-state index in [2.05, 4.69) is 28.4 Å². The van der Waals surface area contributed by atoms with Crippen LogP contribution in [0.1, 0.15) is 35.2 Å². The van der Waals surface area contributed by atoms with E-state index in [-0.39, 0.29) is 12.5 Å². The minimum absolute atomic E-state index is 0.174. The molecule has 0 bridgehead atoms. The Morgan fingerprint density at radius 3 is 2.46 bits per heavy atom. The third-order valence-corrected chi connectivity index (χ3v) is 5.01. The van der Waals surface area contributed by atoms with Crippen molar-refractivity contribution in [1.29, 1.82) is 0 Å². The molecule has 1 fully saturated rings. The van der Waals surface area contributed by atoms with Gasteiger partial charge < -0.3 is 16.0 Å². The van der Waals surface area contributed by atoms with E-state index < -0.39 is 5.91 Å². The van der Waals surface area contributed by atoms with Gasteiger partial charge in [0.25, 0.3) is 5.91 Å². The van der Waals surface area contributed by atoms with Crippen LogP contribution in [0.4, 0.5) is 11.4 Å². The van der Waals surface area contributed by atoms with Crippen molar-refractivity contribution in [3.63, 3.8) is 0 Å². The molecule has 2 amide bonds. The number of benzene rings is 2. The van der Waals surface area contributed by atoms with Crippen molar-refractivity contribution in [1.82, 2.24) is 4.90 Å². The molecule has 0 aliphatic carbocycles. The van der Waals surface area contributed by atoms with Gasteiger partial charge in [0.15, 0.2) is 0 Å². The molecule has 1 aliphatic heterocycles. The van der Waals surface area contributed by atoms with Crippen LogP contribution >= 0.6 is 0 Å². The van der Waals surface area contributed by atoms with Crippen LogP contribution in [0.5, 0.6) is 0 Å². The van der Waals surface area contributed by atoms with E-state index in [4.69, 9.17) is 5.73 Å². The summed E-state index contributed by atoms with van der Waals surface area (Å²) in [5, 5.41) is 2.79. The second-order valence-electron chi connectivity index (χ2n) is 7.31. The standard InChI is InChI=1S/C22H28N4O2/c1-25(16-21(27)24-19-11-5-4-10-18(19)22(23)28)15-17-9-3-6-12-20(17)26-13-7-2-8-14-26/h3-6,9-12H,2,7-8,13-16H2,1H3,(H2,23,28)(H,24,27). The number of rotatable bonds is 7. The Bertz CT molecular complexity index is 831. The van der Waals surface area contributed by atoms with Crippen LogP contribution in [0.3, 0.4) is 0 Å². The molecule has 2 aromatic carbocycles. The predicted octanol–water partition coefficient (Wildman–Crippen LogP) is 2.85. The molecule has 1 aliphatic rings. The largest absolute Gasteiger partial charge is 0.371 e. The average Bonchev–Trinajstić information content (AvgIpc) is 2.69. The van der Waals surface area contributed by atoms with Crippen molar-refractivity contribution in [2.24, 2.45) is 5.73 Å². The van der Waals surface area contributed by atoms with E-state index in [1.807, 2.05) is 18.0 Å². The molecule has 1 saturated heterocycles. The lowest BCUT2D eigenvalue weighted by molar-refractivity contribution is -0.117. The molecule has 0 spiro atoms. The van der Waals surface area contributed by atoms with E-state index >= 15 is 0 Å². The Hall–Kier alpha value is -2.86. The van der Waals surface area contributed by atoms with E-state index in [0.717, 1.165) is 13.1 Å². The van der Waals surface area contributed by atoms with Crippen LogP contribution in [0.25, 0.3) is 0 Å².